The maximum absolute atomic E-state index is 12.0. The summed E-state index contributed by atoms with van der Waals surface area (Å²) in [6.45, 7) is 6.04. The van der Waals surface area contributed by atoms with Gasteiger partial charge in [-0.15, -0.1) is 0 Å². The van der Waals surface area contributed by atoms with Crippen LogP contribution in [0.1, 0.15) is 17.3 Å². The lowest BCUT2D eigenvalue weighted by Gasteiger charge is -2.35. The number of anilines is 1. The van der Waals surface area contributed by atoms with E-state index in [0.717, 1.165) is 26.2 Å². The number of esters is 1. The first-order valence-electron chi connectivity index (χ1n) is 6.99. The normalized spacial score (nSPS) is 15.8. The number of nitrogens with two attached hydrogens (primary N) is 1. The van der Waals surface area contributed by atoms with Crippen LogP contribution in [0.2, 0.25) is 0 Å². The van der Waals surface area contributed by atoms with Crippen LogP contribution >= 0.6 is 12.2 Å². The number of aromatic nitrogens is 1. The second-order valence-corrected chi connectivity index (χ2v) is 5.35. The van der Waals surface area contributed by atoms with E-state index in [2.05, 4.69) is 14.8 Å². The van der Waals surface area contributed by atoms with E-state index in [9.17, 15) is 4.79 Å². The highest BCUT2D eigenvalue weighted by atomic mass is 32.1. The van der Waals surface area contributed by atoms with Gasteiger partial charge in [0.2, 0.25) is 0 Å². The Kier molecular flexibility index (Phi) is 5.46. The maximum atomic E-state index is 12.0. The molecule has 0 spiro atoms. The van der Waals surface area contributed by atoms with Crippen molar-refractivity contribution in [3.63, 3.8) is 0 Å². The van der Waals surface area contributed by atoms with Crippen LogP contribution in [0.4, 0.5) is 5.82 Å². The minimum Gasteiger partial charge on any atom is -0.462 e. The number of rotatable bonds is 5. The largest absolute Gasteiger partial charge is 0.462 e. The molecule has 0 amide bonds. The lowest BCUT2D eigenvalue weighted by Crippen LogP contribution is -2.49. The first-order valence-corrected chi connectivity index (χ1v) is 7.40. The Labute approximate surface area is 129 Å². The zero-order valence-electron chi connectivity index (χ0n) is 12.1. The molecule has 2 rings (SSSR count). The molecule has 6 nitrogen and oxygen atoms in total. The third-order valence-electron chi connectivity index (χ3n) is 3.33. The number of piperazine rings is 1. The minimum atomic E-state index is -0.328. The number of pyridine rings is 1. The summed E-state index contributed by atoms with van der Waals surface area (Å²) < 4.78 is 5.08. The molecule has 21 heavy (non-hydrogen) atoms. The maximum Gasteiger partial charge on any atom is 0.341 e. The number of carbonyl (C=O) groups excluding carboxylic acids is 1. The van der Waals surface area contributed by atoms with Gasteiger partial charge in [0, 0.05) is 38.9 Å². The standard InChI is InChI=1S/C14H20N4O2S/c1-2-20-14(19)11-4-3-5-16-13(11)18-8-6-17(7-9-18)10-12(15)21/h3-5H,2,6-10H2,1H3,(H2,15,21). The summed E-state index contributed by atoms with van der Waals surface area (Å²) in [5, 5.41) is 0. The van der Waals surface area contributed by atoms with Crippen molar-refractivity contribution in [3.8, 4) is 0 Å². The summed E-state index contributed by atoms with van der Waals surface area (Å²) in [6, 6.07) is 3.50. The van der Waals surface area contributed by atoms with Gasteiger partial charge in [-0.3, -0.25) is 4.90 Å². The van der Waals surface area contributed by atoms with Crippen molar-refractivity contribution < 1.29 is 9.53 Å². The van der Waals surface area contributed by atoms with Gasteiger partial charge in [0.25, 0.3) is 0 Å². The van der Waals surface area contributed by atoms with Gasteiger partial charge < -0.3 is 15.4 Å². The molecule has 1 aliphatic rings. The Bertz CT molecular complexity index is 515. The average Bonchev–Trinajstić information content (AvgIpc) is 2.48. The molecule has 0 bridgehead atoms. The van der Waals surface area contributed by atoms with Crippen molar-refractivity contribution in [1.29, 1.82) is 0 Å². The van der Waals surface area contributed by atoms with E-state index in [0.29, 0.717) is 29.5 Å². The topological polar surface area (TPSA) is 71.7 Å². The summed E-state index contributed by atoms with van der Waals surface area (Å²) in [7, 11) is 0. The van der Waals surface area contributed by atoms with Gasteiger partial charge in [0.05, 0.1) is 11.6 Å². The second-order valence-electron chi connectivity index (χ2n) is 4.82. The highest BCUT2D eigenvalue weighted by molar-refractivity contribution is 7.80. The van der Waals surface area contributed by atoms with E-state index in [1.165, 1.54) is 0 Å². The van der Waals surface area contributed by atoms with Crippen LogP contribution in [-0.4, -0.2) is 60.2 Å². The first-order chi connectivity index (χ1) is 10.1. The van der Waals surface area contributed by atoms with E-state index < -0.39 is 0 Å². The molecular weight excluding hydrogens is 288 g/mol. The smallest absolute Gasteiger partial charge is 0.341 e. The number of nitrogens with zero attached hydrogens (tertiary/aromatic N) is 3. The predicted octanol–water partition coefficient (Wildman–Crippen LogP) is 0.666. The Morgan fingerprint density at radius 3 is 2.76 bits per heavy atom. The summed E-state index contributed by atoms with van der Waals surface area (Å²) in [6.07, 6.45) is 1.69. The molecular formula is C14H20N4O2S. The zero-order chi connectivity index (χ0) is 15.2. The lowest BCUT2D eigenvalue weighted by molar-refractivity contribution is 0.0526. The van der Waals surface area contributed by atoms with Crippen LogP contribution in [0.3, 0.4) is 0 Å². The Balaban J connectivity index is 2.06. The highest BCUT2D eigenvalue weighted by Gasteiger charge is 2.23. The quantitative estimate of drug-likeness (QED) is 0.633. The van der Waals surface area contributed by atoms with Crippen molar-refractivity contribution in [2.45, 2.75) is 6.92 Å². The molecule has 0 radical (unpaired) electrons. The molecule has 0 atom stereocenters. The summed E-state index contributed by atoms with van der Waals surface area (Å²) in [5.74, 6) is 0.358. The third kappa shape index (κ3) is 4.12. The Hall–Kier alpha value is -1.73. The second kappa shape index (κ2) is 7.33. The molecule has 1 aliphatic heterocycles. The van der Waals surface area contributed by atoms with Gasteiger partial charge in [-0.25, -0.2) is 9.78 Å². The first kappa shape index (κ1) is 15.7. The Morgan fingerprint density at radius 1 is 1.43 bits per heavy atom. The minimum absolute atomic E-state index is 0.328. The third-order valence-corrected chi connectivity index (χ3v) is 3.46. The lowest BCUT2D eigenvalue weighted by atomic mass is 10.2. The molecule has 2 heterocycles. The fraction of sp³-hybridized carbons (Fsp3) is 0.500. The molecule has 1 fully saturated rings. The molecule has 0 aliphatic carbocycles. The molecule has 2 N–H and O–H groups in total. The molecule has 7 heteroatoms. The SMILES string of the molecule is CCOC(=O)c1cccnc1N1CCN(CC(N)=S)CC1. The van der Waals surface area contributed by atoms with Crippen molar-refractivity contribution in [2.75, 3.05) is 44.2 Å². The van der Waals surface area contributed by atoms with E-state index in [1.807, 2.05) is 0 Å². The highest BCUT2D eigenvalue weighted by Crippen LogP contribution is 2.19. The summed E-state index contributed by atoms with van der Waals surface area (Å²) in [5.41, 5.74) is 6.08. The average molecular weight is 308 g/mol. The van der Waals surface area contributed by atoms with E-state index in [-0.39, 0.29) is 5.97 Å². The van der Waals surface area contributed by atoms with E-state index in [4.69, 9.17) is 22.7 Å². The molecule has 0 unspecified atom stereocenters. The van der Waals surface area contributed by atoms with E-state index in [1.54, 1.807) is 25.3 Å². The van der Waals surface area contributed by atoms with Crippen LogP contribution in [0.5, 0.6) is 0 Å². The van der Waals surface area contributed by atoms with Crippen LogP contribution in [0, 0.1) is 0 Å². The molecule has 1 aromatic rings. The van der Waals surface area contributed by atoms with Crippen LogP contribution < -0.4 is 10.6 Å². The van der Waals surface area contributed by atoms with Crippen LogP contribution in [0.25, 0.3) is 0 Å². The molecule has 1 aromatic heterocycles. The fourth-order valence-corrected chi connectivity index (χ4v) is 2.54. The number of ether oxygens (including phenoxy) is 1. The van der Waals surface area contributed by atoms with Crippen molar-refractivity contribution >= 4 is 29.0 Å². The van der Waals surface area contributed by atoms with Crippen LogP contribution in [-0.2, 0) is 4.74 Å². The molecule has 1 saturated heterocycles. The zero-order valence-corrected chi connectivity index (χ0v) is 12.9. The van der Waals surface area contributed by atoms with Gasteiger partial charge in [-0.05, 0) is 19.1 Å². The van der Waals surface area contributed by atoms with Gasteiger partial charge in [-0.1, -0.05) is 12.2 Å². The monoisotopic (exact) mass is 308 g/mol. The van der Waals surface area contributed by atoms with Crippen molar-refractivity contribution in [3.05, 3.63) is 23.9 Å². The fourth-order valence-electron chi connectivity index (χ4n) is 2.36. The van der Waals surface area contributed by atoms with Gasteiger partial charge in [0.15, 0.2) is 0 Å². The number of carbonyl (C=O) groups is 1. The van der Waals surface area contributed by atoms with E-state index >= 15 is 0 Å². The number of hydrogen-bond acceptors (Lipinski definition) is 6. The van der Waals surface area contributed by atoms with Gasteiger partial charge in [0.1, 0.15) is 11.4 Å². The molecule has 0 aromatic carbocycles. The Morgan fingerprint density at radius 2 is 2.14 bits per heavy atom. The predicted molar refractivity (Wildman–Crippen MR) is 85.6 cm³/mol. The van der Waals surface area contributed by atoms with Crippen molar-refractivity contribution in [2.24, 2.45) is 5.73 Å². The number of thiocarbonyl (C=S) groups is 1. The van der Waals surface area contributed by atoms with Gasteiger partial charge >= 0.3 is 5.97 Å². The van der Waals surface area contributed by atoms with Crippen molar-refractivity contribution in [1.82, 2.24) is 9.88 Å². The molecule has 114 valence electrons. The van der Waals surface area contributed by atoms with Crippen LogP contribution in [0.15, 0.2) is 18.3 Å². The molecule has 0 saturated carbocycles. The summed E-state index contributed by atoms with van der Waals surface area (Å²) in [4.78, 5) is 21.1. The summed E-state index contributed by atoms with van der Waals surface area (Å²) >= 11 is 4.93. The van der Waals surface area contributed by atoms with Gasteiger partial charge in [-0.2, -0.15) is 0 Å². The number of hydrogen-bond donors (Lipinski definition) is 1.